The first kappa shape index (κ1) is 24.7. The van der Waals surface area contributed by atoms with Gasteiger partial charge in [0.2, 0.25) is 0 Å². The average molecular weight is 432 g/mol. The summed E-state index contributed by atoms with van der Waals surface area (Å²) in [5.41, 5.74) is 3.96. The monoisotopic (exact) mass is 431 g/mol. The van der Waals surface area contributed by atoms with Gasteiger partial charge in [-0.1, -0.05) is 12.1 Å². The molecule has 8 heteroatoms. The van der Waals surface area contributed by atoms with Crippen molar-refractivity contribution in [3.05, 3.63) is 46.8 Å². The molecule has 172 valence electrons. The van der Waals surface area contributed by atoms with Crippen LogP contribution in [0.15, 0.2) is 29.3 Å². The van der Waals surface area contributed by atoms with E-state index in [0.29, 0.717) is 25.7 Å². The molecule has 0 saturated carbocycles. The van der Waals surface area contributed by atoms with E-state index < -0.39 is 6.10 Å². The molecule has 0 saturated heterocycles. The highest BCUT2D eigenvalue weighted by Crippen LogP contribution is 2.20. The van der Waals surface area contributed by atoms with E-state index in [1.807, 2.05) is 56.6 Å². The number of guanidine groups is 1. The molecule has 2 rings (SSSR count). The molecule has 0 amide bonds. The molecule has 1 unspecified atom stereocenters. The second-order valence-electron chi connectivity index (χ2n) is 7.70. The molecule has 0 aliphatic heterocycles. The molecule has 1 heterocycles. The Balaban J connectivity index is 2.03. The fourth-order valence-corrected chi connectivity index (χ4v) is 3.24. The third kappa shape index (κ3) is 7.56. The van der Waals surface area contributed by atoms with Crippen LogP contribution >= 0.6 is 0 Å². The lowest BCUT2D eigenvalue weighted by molar-refractivity contribution is 0.179. The topological polar surface area (TPSA) is 92.9 Å². The standard InChI is InChI=1S/C23H37N5O3/c1-7-24-23(25-14-21-17(4)27-28(18(21)5)11-12-30-6)26-15-22(29)19-9-8-10-20(13-19)31-16(2)3/h8-10,13,16,22,29H,7,11-12,14-15H2,1-6H3,(H2,24,25,26). The third-order valence-corrected chi connectivity index (χ3v) is 4.86. The van der Waals surface area contributed by atoms with Crippen molar-refractivity contribution in [1.82, 2.24) is 20.4 Å². The molecule has 0 radical (unpaired) electrons. The number of ether oxygens (including phenoxy) is 2. The Bertz CT molecular complexity index is 848. The van der Waals surface area contributed by atoms with Crippen molar-refractivity contribution in [1.29, 1.82) is 0 Å². The zero-order chi connectivity index (χ0) is 22.8. The molecule has 0 fully saturated rings. The van der Waals surface area contributed by atoms with Crippen molar-refractivity contribution < 1.29 is 14.6 Å². The summed E-state index contributed by atoms with van der Waals surface area (Å²) in [5.74, 6) is 1.41. The number of aliphatic hydroxyl groups is 1. The van der Waals surface area contributed by atoms with Crippen LogP contribution in [0.4, 0.5) is 0 Å². The minimum Gasteiger partial charge on any atom is -0.491 e. The number of aliphatic hydroxyl groups excluding tert-OH is 1. The molecule has 1 aromatic heterocycles. The lowest BCUT2D eigenvalue weighted by atomic mass is 10.1. The van der Waals surface area contributed by atoms with Gasteiger partial charge < -0.3 is 25.2 Å². The van der Waals surface area contributed by atoms with Crippen LogP contribution < -0.4 is 15.4 Å². The maximum absolute atomic E-state index is 10.6. The molecule has 0 aliphatic rings. The Hall–Kier alpha value is -2.58. The summed E-state index contributed by atoms with van der Waals surface area (Å²) in [6, 6.07) is 7.55. The highest BCUT2D eigenvalue weighted by molar-refractivity contribution is 5.79. The van der Waals surface area contributed by atoms with Gasteiger partial charge in [-0.05, 0) is 52.3 Å². The van der Waals surface area contributed by atoms with E-state index in [0.717, 1.165) is 41.4 Å². The molecule has 8 nitrogen and oxygen atoms in total. The van der Waals surface area contributed by atoms with Gasteiger partial charge in [0.1, 0.15) is 5.75 Å². The van der Waals surface area contributed by atoms with Crippen LogP contribution in [0.1, 0.15) is 49.4 Å². The zero-order valence-corrected chi connectivity index (χ0v) is 19.6. The van der Waals surface area contributed by atoms with E-state index in [1.165, 1.54) is 0 Å². The third-order valence-electron chi connectivity index (χ3n) is 4.86. The van der Waals surface area contributed by atoms with Crippen molar-refractivity contribution in [3.8, 4) is 5.75 Å². The number of hydrogen-bond acceptors (Lipinski definition) is 5. The van der Waals surface area contributed by atoms with E-state index in [2.05, 4.69) is 22.7 Å². The van der Waals surface area contributed by atoms with Crippen LogP contribution in [-0.4, -0.2) is 53.8 Å². The van der Waals surface area contributed by atoms with Crippen LogP contribution in [0.25, 0.3) is 0 Å². The largest absolute Gasteiger partial charge is 0.491 e. The molecular weight excluding hydrogens is 394 g/mol. The molecule has 0 aliphatic carbocycles. The summed E-state index contributed by atoms with van der Waals surface area (Å²) >= 11 is 0. The van der Waals surface area contributed by atoms with E-state index in [1.54, 1.807) is 7.11 Å². The first-order valence-electron chi connectivity index (χ1n) is 10.8. The van der Waals surface area contributed by atoms with Crippen LogP contribution in [-0.2, 0) is 17.8 Å². The predicted molar refractivity (Wildman–Crippen MR) is 124 cm³/mol. The summed E-state index contributed by atoms with van der Waals surface area (Å²) in [4.78, 5) is 4.70. The normalized spacial score (nSPS) is 12.8. The van der Waals surface area contributed by atoms with E-state index >= 15 is 0 Å². The lowest BCUT2D eigenvalue weighted by Gasteiger charge is -2.17. The summed E-state index contributed by atoms with van der Waals surface area (Å²) in [7, 11) is 1.69. The van der Waals surface area contributed by atoms with Gasteiger partial charge in [-0.3, -0.25) is 4.68 Å². The number of aromatic nitrogens is 2. The van der Waals surface area contributed by atoms with Crippen LogP contribution in [0.2, 0.25) is 0 Å². The summed E-state index contributed by atoms with van der Waals surface area (Å²) < 4.78 is 12.8. The Morgan fingerprint density at radius 2 is 2.03 bits per heavy atom. The molecule has 0 bridgehead atoms. The van der Waals surface area contributed by atoms with Crippen molar-refractivity contribution in [2.24, 2.45) is 4.99 Å². The average Bonchev–Trinajstić information content (AvgIpc) is 3.00. The van der Waals surface area contributed by atoms with Crippen LogP contribution in [0.3, 0.4) is 0 Å². The van der Waals surface area contributed by atoms with Crippen molar-refractivity contribution in [2.75, 3.05) is 26.8 Å². The summed E-state index contributed by atoms with van der Waals surface area (Å²) in [5, 5.41) is 21.7. The smallest absolute Gasteiger partial charge is 0.191 e. The molecule has 3 N–H and O–H groups in total. The number of aryl methyl sites for hydroxylation is 1. The maximum atomic E-state index is 10.6. The van der Waals surface area contributed by atoms with Crippen molar-refractivity contribution in [3.63, 3.8) is 0 Å². The van der Waals surface area contributed by atoms with Crippen molar-refractivity contribution in [2.45, 2.75) is 59.9 Å². The maximum Gasteiger partial charge on any atom is 0.191 e. The SMILES string of the molecule is CCNC(=NCc1c(C)nn(CCOC)c1C)NCC(O)c1cccc(OC(C)C)c1. The van der Waals surface area contributed by atoms with Crippen molar-refractivity contribution >= 4 is 5.96 Å². The quantitative estimate of drug-likeness (QED) is 0.374. The lowest BCUT2D eigenvalue weighted by Crippen LogP contribution is -2.39. The van der Waals surface area contributed by atoms with Gasteiger partial charge in [-0.25, -0.2) is 4.99 Å². The molecule has 1 aromatic carbocycles. The molecule has 0 spiro atoms. The molecule has 31 heavy (non-hydrogen) atoms. The first-order valence-corrected chi connectivity index (χ1v) is 10.8. The second kappa shape index (κ2) is 12.3. The van der Waals surface area contributed by atoms with E-state index in [-0.39, 0.29) is 6.10 Å². The fourth-order valence-electron chi connectivity index (χ4n) is 3.24. The summed E-state index contributed by atoms with van der Waals surface area (Å²) in [6.45, 7) is 12.9. The second-order valence-corrected chi connectivity index (χ2v) is 7.70. The van der Waals surface area contributed by atoms with E-state index in [4.69, 9.17) is 14.5 Å². The highest BCUT2D eigenvalue weighted by atomic mass is 16.5. The van der Waals surface area contributed by atoms with E-state index in [9.17, 15) is 5.11 Å². The zero-order valence-electron chi connectivity index (χ0n) is 19.6. The van der Waals surface area contributed by atoms with Gasteiger partial charge in [-0.15, -0.1) is 0 Å². The number of benzene rings is 1. The number of rotatable bonds is 11. The Morgan fingerprint density at radius 3 is 2.71 bits per heavy atom. The highest BCUT2D eigenvalue weighted by Gasteiger charge is 2.13. The van der Waals surface area contributed by atoms with Gasteiger partial charge >= 0.3 is 0 Å². The van der Waals surface area contributed by atoms with Gasteiger partial charge in [0.25, 0.3) is 0 Å². The van der Waals surface area contributed by atoms with Crippen LogP contribution in [0, 0.1) is 13.8 Å². The first-order chi connectivity index (χ1) is 14.8. The number of methoxy groups -OCH3 is 1. The predicted octanol–water partition coefficient (Wildman–Crippen LogP) is 2.72. The minimum absolute atomic E-state index is 0.0868. The molecule has 1 atom stereocenters. The minimum atomic E-state index is -0.681. The van der Waals surface area contributed by atoms with Gasteiger partial charge in [0.05, 0.1) is 37.6 Å². The molecule has 2 aromatic rings. The number of aliphatic imine (C=N–C) groups is 1. The fraction of sp³-hybridized carbons (Fsp3) is 0.565. The number of nitrogens with one attached hydrogen (secondary N) is 2. The van der Waals surface area contributed by atoms with Gasteiger partial charge in [0, 0.05) is 31.5 Å². The van der Waals surface area contributed by atoms with Gasteiger partial charge in [0.15, 0.2) is 5.96 Å². The van der Waals surface area contributed by atoms with Crippen LogP contribution in [0.5, 0.6) is 5.75 Å². The van der Waals surface area contributed by atoms with Gasteiger partial charge in [-0.2, -0.15) is 5.10 Å². The number of hydrogen-bond donors (Lipinski definition) is 3. The number of nitrogens with zero attached hydrogens (tertiary/aromatic N) is 3. The Morgan fingerprint density at radius 1 is 1.26 bits per heavy atom. The molecular formula is C23H37N5O3. The Labute approximate surface area is 185 Å². The Kier molecular flexibility index (Phi) is 9.81. The summed E-state index contributed by atoms with van der Waals surface area (Å²) in [6.07, 6.45) is -0.594.